The van der Waals surface area contributed by atoms with Gasteiger partial charge in [0, 0.05) is 13.1 Å². The van der Waals surface area contributed by atoms with Crippen molar-refractivity contribution in [2.24, 2.45) is 0 Å². The molecule has 0 unspecified atom stereocenters. The SMILES string of the molecule is C[C@H](NS(=O)(=O)c1ccccc1F)C(=O)OCC(=O)N1CCOCC1. The number of amides is 1. The number of sulfonamides is 1. The number of nitrogens with zero attached hydrogens (tertiary/aromatic N) is 1. The minimum atomic E-state index is -4.23. The van der Waals surface area contributed by atoms with E-state index < -0.39 is 39.4 Å². The summed E-state index contributed by atoms with van der Waals surface area (Å²) in [6.07, 6.45) is 0. The Bertz CT molecular complexity index is 733. The fourth-order valence-corrected chi connectivity index (χ4v) is 3.44. The highest BCUT2D eigenvalue weighted by Crippen LogP contribution is 2.13. The van der Waals surface area contributed by atoms with Crippen molar-refractivity contribution < 1.29 is 31.9 Å². The first-order valence-corrected chi connectivity index (χ1v) is 9.08. The Morgan fingerprint density at radius 3 is 2.60 bits per heavy atom. The van der Waals surface area contributed by atoms with Crippen LogP contribution in [0.5, 0.6) is 0 Å². The minimum absolute atomic E-state index is 0.388. The predicted molar refractivity (Wildman–Crippen MR) is 84.5 cm³/mol. The number of benzene rings is 1. The van der Waals surface area contributed by atoms with E-state index in [1.54, 1.807) is 0 Å². The molecule has 0 aromatic heterocycles. The summed E-state index contributed by atoms with van der Waals surface area (Å²) in [6.45, 7) is 2.40. The van der Waals surface area contributed by atoms with Crippen molar-refractivity contribution in [3.63, 3.8) is 0 Å². The Hall–Kier alpha value is -2.04. The van der Waals surface area contributed by atoms with E-state index >= 15 is 0 Å². The highest BCUT2D eigenvalue weighted by atomic mass is 32.2. The second-order valence-corrected chi connectivity index (χ2v) is 7.06. The molecule has 0 spiro atoms. The van der Waals surface area contributed by atoms with Crippen molar-refractivity contribution in [2.75, 3.05) is 32.9 Å². The van der Waals surface area contributed by atoms with Crippen molar-refractivity contribution >= 4 is 21.9 Å². The maximum Gasteiger partial charge on any atom is 0.324 e. The number of hydrogen-bond acceptors (Lipinski definition) is 6. The minimum Gasteiger partial charge on any atom is -0.454 e. The Morgan fingerprint density at radius 1 is 1.32 bits per heavy atom. The van der Waals surface area contributed by atoms with Gasteiger partial charge in [-0.05, 0) is 19.1 Å². The van der Waals surface area contributed by atoms with Gasteiger partial charge in [0.2, 0.25) is 10.0 Å². The summed E-state index contributed by atoms with van der Waals surface area (Å²) in [4.78, 5) is 24.7. The van der Waals surface area contributed by atoms with Crippen molar-refractivity contribution in [1.82, 2.24) is 9.62 Å². The molecule has 1 aromatic carbocycles. The number of carbonyl (C=O) groups is 2. The van der Waals surface area contributed by atoms with E-state index in [-0.39, 0.29) is 5.91 Å². The molecule has 25 heavy (non-hydrogen) atoms. The molecule has 0 bridgehead atoms. The lowest BCUT2D eigenvalue weighted by Crippen LogP contribution is -2.44. The van der Waals surface area contributed by atoms with Gasteiger partial charge >= 0.3 is 5.97 Å². The number of ether oxygens (including phenoxy) is 2. The molecule has 2 rings (SSSR count). The lowest BCUT2D eigenvalue weighted by atomic mass is 10.3. The topological polar surface area (TPSA) is 102 Å². The largest absolute Gasteiger partial charge is 0.454 e. The summed E-state index contributed by atoms with van der Waals surface area (Å²) in [7, 11) is -4.23. The van der Waals surface area contributed by atoms with Gasteiger partial charge in [-0.15, -0.1) is 0 Å². The first kappa shape index (κ1) is 19.3. The van der Waals surface area contributed by atoms with Gasteiger partial charge in [0.1, 0.15) is 16.8 Å². The van der Waals surface area contributed by atoms with Crippen LogP contribution in [0.3, 0.4) is 0 Å². The summed E-state index contributed by atoms with van der Waals surface area (Å²) in [6, 6.07) is 3.52. The molecule has 1 saturated heterocycles. The standard InChI is InChI=1S/C15H19FN2O6S/c1-11(17-25(21,22)13-5-3-2-4-12(13)16)15(20)24-10-14(19)18-6-8-23-9-7-18/h2-5,11,17H,6-10H2,1H3/t11-/m0/s1. The van der Waals surface area contributed by atoms with Crippen LogP contribution in [0.15, 0.2) is 29.2 Å². The maximum absolute atomic E-state index is 13.6. The molecule has 0 saturated carbocycles. The van der Waals surface area contributed by atoms with Gasteiger partial charge in [0.15, 0.2) is 6.61 Å². The third-order valence-electron chi connectivity index (χ3n) is 3.51. The van der Waals surface area contributed by atoms with Gasteiger partial charge in [-0.2, -0.15) is 4.72 Å². The van der Waals surface area contributed by atoms with Crippen LogP contribution in [0, 0.1) is 5.82 Å². The number of nitrogens with one attached hydrogen (secondary N) is 1. The number of hydrogen-bond donors (Lipinski definition) is 1. The number of morpholine rings is 1. The fraction of sp³-hybridized carbons (Fsp3) is 0.467. The molecule has 1 N–H and O–H groups in total. The van der Waals surface area contributed by atoms with Crippen LogP contribution < -0.4 is 4.72 Å². The average Bonchev–Trinajstić information content (AvgIpc) is 2.59. The van der Waals surface area contributed by atoms with Gasteiger partial charge in [0.25, 0.3) is 5.91 Å². The Morgan fingerprint density at radius 2 is 1.96 bits per heavy atom. The Balaban J connectivity index is 1.89. The van der Waals surface area contributed by atoms with Gasteiger partial charge < -0.3 is 14.4 Å². The Labute approximate surface area is 144 Å². The zero-order valence-electron chi connectivity index (χ0n) is 13.6. The molecule has 1 fully saturated rings. The zero-order valence-corrected chi connectivity index (χ0v) is 14.4. The van der Waals surface area contributed by atoms with E-state index in [0.29, 0.717) is 26.3 Å². The second kappa shape index (κ2) is 8.37. The summed E-state index contributed by atoms with van der Waals surface area (Å²) < 4.78 is 49.8. The van der Waals surface area contributed by atoms with Crippen LogP contribution in [0.2, 0.25) is 0 Å². The van der Waals surface area contributed by atoms with Crippen LogP contribution in [0.25, 0.3) is 0 Å². The maximum atomic E-state index is 13.6. The van der Waals surface area contributed by atoms with Gasteiger partial charge in [-0.25, -0.2) is 12.8 Å². The van der Waals surface area contributed by atoms with Crippen LogP contribution in [0.4, 0.5) is 4.39 Å². The highest BCUT2D eigenvalue weighted by Gasteiger charge is 2.26. The van der Waals surface area contributed by atoms with Crippen molar-refractivity contribution in [3.8, 4) is 0 Å². The van der Waals surface area contributed by atoms with E-state index in [9.17, 15) is 22.4 Å². The fourth-order valence-electron chi connectivity index (χ4n) is 2.17. The van der Waals surface area contributed by atoms with E-state index in [1.165, 1.54) is 24.0 Å². The normalized spacial score (nSPS) is 16.3. The van der Waals surface area contributed by atoms with Crippen LogP contribution in [0.1, 0.15) is 6.92 Å². The van der Waals surface area contributed by atoms with Crippen molar-refractivity contribution in [3.05, 3.63) is 30.1 Å². The third-order valence-corrected chi connectivity index (χ3v) is 5.09. The van der Waals surface area contributed by atoms with Crippen LogP contribution in [-0.4, -0.2) is 64.1 Å². The lowest BCUT2D eigenvalue weighted by molar-refractivity contribution is -0.154. The molecule has 8 nitrogen and oxygen atoms in total. The lowest BCUT2D eigenvalue weighted by Gasteiger charge is -2.26. The van der Waals surface area contributed by atoms with Crippen LogP contribution >= 0.6 is 0 Å². The van der Waals surface area contributed by atoms with E-state index in [2.05, 4.69) is 0 Å². The van der Waals surface area contributed by atoms with Crippen LogP contribution in [-0.2, 0) is 29.1 Å². The van der Waals surface area contributed by atoms with Crippen molar-refractivity contribution in [1.29, 1.82) is 0 Å². The zero-order chi connectivity index (χ0) is 18.4. The molecule has 1 heterocycles. The molecule has 0 aliphatic carbocycles. The summed E-state index contributed by atoms with van der Waals surface area (Å²) in [5, 5.41) is 0. The van der Waals surface area contributed by atoms with Gasteiger partial charge in [-0.3, -0.25) is 9.59 Å². The molecular weight excluding hydrogens is 355 g/mol. The average molecular weight is 374 g/mol. The molecule has 1 aliphatic heterocycles. The first-order chi connectivity index (χ1) is 11.8. The third kappa shape index (κ3) is 5.21. The van der Waals surface area contributed by atoms with E-state index in [1.807, 2.05) is 4.72 Å². The molecule has 1 amide bonds. The Kier molecular flexibility index (Phi) is 6.45. The predicted octanol–water partition coefficient (Wildman–Crippen LogP) is -0.105. The quantitative estimate of drug-likeness (QED) is 0.698. The number of carbonyl (C=O) groups excluding carboxylic acids is 2. The summed E-state index contributed by atoms with van der Waals surface area (Å²) in [5.41, 5.74) is 0. The molecular formula is C15H19FN2O6S. The number of rotatable bonds is 6. The highest BCUT2D eigenvalue weighted by molar-refractivity contribution is 7.89. The molecule has 138 valence electrons. The number of esters is 1. The smallest absolute Gasteiger partial charge is 0.324 e. The van der Waals surface area contributed by atoms with Gasteiger partial charge in [-0.1, -0.05) is 12.1 Å². The summed E-state index contributed by atoms with van der Waals surface area (Å²) in [5.74, 6) is -2.25. The number of halogens is 1. The van der Waals surface area contributed by atoms with E-state index in [0.717, 1.165) is 12.1 Å². The molecule has 1 atom stereocenters. The summed E-state index contributed by atoms with van der Waals surface area (Å²) >= 11 is 0. The van der Waals surface area contributed by atoms with E-state index in [4.69, 9.17) is 9.47 Å². The van der Waals surface area contributed by atoms with Gasteiger partial charge in [0.05, 0.1) is 13.2 Å². The molecule has 10 heteroatoms. The molecule has 1 aromatic rings. The molecule has 1 aliphatic rings. The van der Waals surface area contributed by atoms with Crippen molar-refractivity contribution in [2.45, 2.75) is 17.9 Å². The molecule has 0 radical (unpaired) electrons. The first-order valence-electron chi connectivity index (χ1n) is 7.60. The second-order valence-electron chi connectivity index (χ2n) is 5.37. The monoisotopic (exact) mass is 374 g/mol.